The van der Waals surface area contributed by atoms with Gasteiger partial charge in [0.2, 0.25) is 0 Å². The normalized spacial score (nSPS) is 11.3. The topological polar surface area (TPSA) is 37.3 Å². The van der Waals surface area contributed by atoms with Gasteiger partial charge in [-0.05, 0) is 55.2 Å². The van der Waals surface area contributed by atoms with E-state index in [0.717, 1.165) is 19.3 Å². The molecule has 0 aliphatic rings. The molecule has 0 bridgehead atoms. The van der Waals surface area contributed by atoms with E-state index in [9.17, 15) is 9.90 Å². The number of aliphatic carboxylic acids is 1. The summed E-state index contributed by atoms with van der Waals surface area (Å²) in [4.78, 5) is 12.5. The van der Waals surface area contributed by atoms with Crippen LogP contribution in [-0.4, -0.2) is 11.1 Å². The Morgan fingerprint density at radius 1 is 0.571 bits per heavy atom. The van der Waals surface area contributed by atoms with E-state index < -0.39 is 11.4 Å². The first kappa shape index (κ1) is 19.9. The largest absolute Gasteiger partial charge is 0.481 e. The zero-order valence-electron chi connectivity index (χ0n) is 16.3. The van der Waals surface area contributed by atoms with Crippen LogP contribution >= 0.6 is 0 Å². The molecule has 0 heterocycles. The van der Waals surface area contributed by atoms with Gasteiger partial charge in [-0.3, -0.25) is 4.79 Å². The van der Waals surface area contributed by atoms with E-state index >= 15 is 0 Å². The molecular weight excluding hydrogens is 344 g/mol. The fourth-order valence-electron chi connectivity index (χ4n) is 3.78. The molecule has 0 aliphatic heterocycles. The third-order valence-electron chi connectivity index (χ3n) is 5.66. The number of carboxylic acid groups (broad SMARTS) is 1. The maximum absolute atomic E-state index is 12.5. The standard InChI is InChI=1S/C26H28O2/c27-25(28)26(19-16-22-10-4-1-5-11-22,20-17-23-12-6-2-7-13-23)21-18-24-14-8-3-9-15-24/h1-15H,16-21H2,(H,27,28). The third-order valence-corrected chi connectivity index (χ3v) is 5.66. The lowest BCUT2D eigenvalue weighted by molar-refractivity contribution is -0.150. The maximum Gasteiger partial charge on any atom is 0.309 e. The molecule has 28 heavy (non-hydrogen) atoms. The van der Waals surface area contributed by atoms with Gasteiger partial charge in [-0.25, -0.2) is 0 Å². The summed E-state index contributed by atoms with van der Waals surface area (Å²) in [6, 6.07) is 30.6. The van der Waals surface area contributed by atoms with Crippen LogP contribution in [0.4, 0.5) is 0 Å². The van der Waals surface area contributed by atoms with E-state index in [-0.39, 0.29) is 0 Å². The number of hydrogen-bond acceptors (Lipinski definition) is 1. The second kappa shape index (κ2) is 9.89. The minimum atomic E-state index is -0.721. The Kier molecular flexibility index (Phi) is 7.02. The van der Waals surface area contributed by atoms with Gasteiger partial charge in [0.05, 0.1) is 5.41 Å². The second-order valence-corrected chi connectivity index (χ2v) is 7.54. The lowest BCUT2D eigenvalue weighted by atomic mass is 9.73. The molecule has 2 nitrogen and oxygen atoms in total. The number of rotatable bonds is 10. The van der Waals surface area contributed by atoms with Gasteiger partial charge in [-0.2, -0.15) is 0 Å². The lowest BCUT2D eigenvalue weighted by Crippen LogP contribution is -2.33. The van der Waals surface area contributed by atoms with Crippen LogP contribution in [0.5, 0.6) is 0 Å². The summed E-state index contributed by atoms with van der Waals surface area (Å²) in [5, 5.41) is 10.3. The highest BCUT2D eigenvalue weighted by molar-refractivity contribution is 5.74. The van der Waals surface area contributed by atoms with Crippen molar-refractivity contribution < 1.29 is 9.90 Å². The molecule has 1 N–H and O–H groups in total. The smallest absolute Gasteiger partial charge is 0.309 e. The molecule has 2 heteroatoms. The van der Waals surface area contributed by atoms with Crippen LogP contribution in [0, 0.1) is 5.41 Å². The van der Waals surface area contributed by atoms with Crippen LogP contribution in [-0.2, 0) is 24.1 Å². The summed E-state index contributed by atoms with van der Waals surface area (Å²) in [6.07, 6.45) is 4.34. The van der Waals surface area contributed by atoms with Gasteiger partial charge in [0.15, 0.2) is 0 Å². The van der Waals surface area contributed by atoms with E-state index in [2.05, 4.69) is 36.4 Å². The van der Waals surface area contributed by atoms with Gasteiger partial charge in [-0.1, -0.05) is 91.0 Å². The van der Waals surface area contributed by atoms with E-state index in [1.807, 2.05) is 54.6 Å². The third kappa shape index (κ3) is 5.56. The van der Waals surface area contributed by atoms with Crippen LogP contribution in [0.15, 0.2) is 91.0 Å². The Labute approximate surface area is 167 Å². The average molecular weight is 373 g/mol. The van der Waals surface area contributed by atoms with Crippen LogP contribution in [0.2, 0.25) is 0 Å². The van der Waals surface area contributed by atoms with Gasteiger partial charge >= 0.3 is 5.97 Å². The van der Waals surface area contributed by atoms with Crippen molar-refractivity contribution in [3.05, 3.63) is 108 Å². The zero-order valence-corrected chi connectivity index (χ0v) is 16.3. The first-order valence-electron chi connectivity index (χ1n) is 10.0. The minimum Gasteiger partial charge on any atom is -0.481 e. The summed E-state index contributed by atoms with van der Waals surface area (Å²) >= 11 is 0. The van der Waals surface area contributed by atoms with E-state index in [1.54, 1.807) is 0 Å². The Balaban J connectivity index is 1.77. The van der Waals surface area contributed by atoms with Crippen LogP contribution < -0.4 is 0 Å². The SMILES string of the molecule is O=C(O)C(CCc1ccccc1)(CCc1ccccc1)CCc1ccccc1. The Morgan fingerprint density at radius 3 is 1.11 bits per heavy atom. The van der Waals surface area contributed by atoms with Gasteiger partial charge in [0.1, 0.15) is 0 Å². The average Bonchev–Trinajstić information content (AvgIpc) is 2.75. The molecule has 0 saturated carbocycles. The van der Waals surface area contributed by atoms with Crippen molar-refractivity contribution in [1.82, 2.24) is 0 Å². The highest BCUT2D eigenvalue weighted by atomic mass is 16.4. The van der Waals surface area contributed by atoms with Crippen molar-refractivity contribution >= 4 is 5.97 Å². The number of aryl methyl sites for hydroxylation is 3. The number of carboxylic acids is 1. The van der Waals surface area contributed by atoms with Gasteiger partial charge in [-0.15, -0.1) is 0 Å². The molecule has 0 spiro atoms. The van der Waals surface area contributed by atoms with Crippen molar-refractivity contribution in [1.29, 1.82) is 0 Å². The highest BCUT2D eigenvalue weighted by Crippen LogP contribution is 2.36. The zero-order chi connectivity index (χ0) is 19.7. The van der Waals surface area contributed by atoms with Crippen molar-refractivity contribution in [3.63, 3.8) is 0 Å². The van der Waals surface area contributed by atoms with Gasteiger partial charge < -0.3 is 5.11 Å². The number of carbonyl (C=O) groups is 1. The molecule has 0 fully saturated rings. The molecule has 0 radical (unpaired) electrons. The molecule has 0 saturated heterocycles. The predicted octanol–water partition coefficient (Wildman–Crippen LogP) is 5.96. The number of benzene rings is 3. The van der Waals surface area contributed by atoms with Gasteiger partial charge in [0.25, 0.3) is 0 Å². The molecular formula is C26H28O2. The van der Waals surface area contributed by atoms with Crippen molar-refractivity contribution in [2.24, 2.45) is 5.41 Å². The minimum absolute atomic E-state index is 0.659. The van der Waals surface area contributed by atoms with Gasteiger partial charge in [0, 0.05) is 0 Å². The summed E-state index contributed by atoms with van der Waals surface area (Å²) in [5.41, 5.74) is 2.88. The van der Waals surface area contributed by atoms with E-state index in [4.69, 9.17) is 0 Å². The Morgan fingerprint density at radius 2 is 0.857 bits per heavy atom. The van der Waals surface area contributed by atoms with Crippen LogP contribution in [0.3, 0.4) is 0 Å². The van der Waals surface area contributed by atoms with Crippen LogP contribution in [0.1, 0.15) is 36.0 Å². The summed E-state index contributed by atoms with van der Waals surface area (Å²) in [5.74, 6) is -0.671. The molecule has 0 atom stereocenters. The number of hydrogen-bond donors (Lipinski definition) is 1. The molecule has 144 valence electrons. The molecule has 3 aromatic carbocycles. The molecule has 3 aromatic rings. The predicted molar refractivity (Wildman–Crippen MR) is 114 cm³/mol. The summed E-state index contributed by atoms with van der Waals surface area (Å²) in [6.45, 7) is 0. The van der Waals surface area contributed by atoms with Crippen molar-refractivity contribution in [3.8, 4) is 0 Å². The first-order chi connectivity index (χ1) is 13.7. The second-order valence-electron chi connectivity index (χ2n) is 7.54. The monoisotopic (exact) mass is 372 g/mol. The lowest BCUT2D eigenvalue weighted by Gasteiger charge is -2.30. The molecule has 0 aromatic heterocycles. The highest BCUT2D eigenvalue weighted by Gasteiger charge is 2.37. The fraction of sp³-hybridized carbons (Fsp3) is 0.269. The Bertz CT molecular complexity index is 735. The molecule has 0 unspecified atom stereocenters. The Hall–Kier alpha value is -2.87. The van der Waals surface area contributed by atoms with E-state index in [0.29, 0.717) is 19.3 Å². The summed E-state index contributed by atoms with van der Waals surface area (Å²) < 4.78 is 0. The van der Waals surface area contributed by atoms with E-state index in [1.165, 1.54) is 16.7 Å². The summed E-state index contributed by atoms with van der Waals surface area (Å²) in [7, 11) is 0. The molecule has 0 aliphatic carbocycles. The maximum atomic E-state index is 12.5. The van der Waals surface area contributed by atoms with Crippen molar-refractivity contribution in [2.75, 3.05) is 0 Å². The van der Waals surface area contributed by atoms with Crippen LogP contribution in [0.25, 0.3) is 0 Å². The molecule has 3 rings (SSSR count). The van der Waals surface area contributed by atoms with Crippen molar-refractivity contribution in [2.45, 2.75) is 38.5 Å². The fourth-order valence-corrected chi connectivity index (χ4v) is 3.78. The molecule has 0 amide bonds. The first-order valence-corrected chi connectivity index (χ1v) is 10.0. The quantitative estimate of drug-likeness (QED) is 0.477.